The Hall–Kier alpha value is -3.70. The van der Waals surface area contributed by atoms with Gasteiger partial charge in [-0.15, -0.1) is 11.8 Å². The van der Waals surface area contributed by atoms with Crippen LogP contribution in [0.1, 0.15) is 40.2 Å². The molecule has 0 fully saturated rings. The van der Waals surface area contributed by atoms with Crippen LogP contribution >= 0.6 is 11.8 Å². The van der Waals surface area contributed by atoms with Crippen LogP contribution in [0.3, 0.4) is 0 Å². The summed E-state index contributed by atoms with van der Waals surface area (Å²) in [6, 6.07) is 19.4. The van der Waals surface area contributed by atoms with Crippen LogP contribution in [0.2, 0.25) is 0 Å². The number of para-hydroxylation sites is 2. The zero-order chi connectivity index (χ0) is 31.8. The lowest BCUT2D eigenvalue weighted by molar-refractivity contribution is -0.140. The number of ether oxygens (including phenoxy) is 2. The molecule has 1 atom stereocenters. The maximum absolute atomic E-state index is 14.2. The van der Waals surface area contributed by atoms with E-state index in [1.807, 2.05) is 27.0 Å². The van der Waals surface area contributed by atoms with Gasteiger partial charge in [0.05, 0.1) is 24.3 Å². The van der Waals surface area contributed by atoms with E-state index in [-0.39, 0.29) is 23.0 Å². The van der Waals surface area contributed by atoms with Crippen LogP contribution in [0.15, 0.2) is 82.6 Å². The number of carbonyl (C=O) groups excluding carboxylic acids is 2. The summed E-state index contributed by atoms with van der Waals surface area (Å²) in [5, 5.41) is 2.93. The summed E-state index contributed by atoms with van der Waals surface area (Å²) in [5.41, 5.74) is 0.443. The van der Waals surface area contributed by atoms with Crippen molar-refractivity contribution < 1.29 is 27.5 Å². The Kier molecular flexibility index (Phi) is 11.5. The number of amides is 2. The third kappa shape index (κ3) is 8.90. The second kappa shape index (κ2) is 14.7. The molecule has 0 aliphatic heterocycles. The van der Waals surface area contributed by atoms with E-state index in [9.17, 15) is 18.0 Å². The van der Waals surface area contributed by atoms with Crippen molar-refractivity contribution in [2.45, 2.75) is 62.5 Å². The SMILES string of the molecule is CCOc1ccccc1N(CC(=O)N(Cc1ccc(OC)cc1)C(C)C(=O)NC(C)(C)C)S(=O)(=O)c1ccc(SC)cc1. The first-order valence-corrected chi connectivity index (χ1v) is 16.6. The number of thioether (sulfide) groups is 1. The van der Waals surface area contributed by atoms with Crippen LogP contribution in [-0.2, 0) is 26.2 Å². The molecule has 0 saturated carbocycles. The zero-order valence-corrected chi connectivity index (χ0v) is 27.4. The molecule has 0 aliphatic carbocycles. The highest BCUT2D eigenvalue weighted by atomic mass is 32.2. The Balaban J connectivity index is 2.09. The molecular weight excluding hydrogens is 587 g/mol. The number of nitrogens with one attached hydrogen (secondary N) is 1. The Labute approximate surface area is 259 Å². The van der Waals surface area contributed by atoms with Gasteiger partial charge in [-0.05, 0) is 95.0 Å². The average Bonchev–Trinajstić information content (AvgIpc) is 2.98. The van der Waals surface area contributed by atoms with Gasteiger partial charge in [-0.3, -0.25) is 13.9 Å². The molecule has 0 spiro atoms. The summed E-state index contributed by atoms with van der Waals surface area (Å²) < 4.78 is 40.4. The summed E-state index contributed by atoms with van der Waals surface area (Å²) >= 11 is 1.49. The second-order valence-electron chi connectivity index (χ2n) is 10.9. The van der Waals surface area contributed by atoms with Crippen molar-refractivity contribution in [2.75, 3.05) is 30.8 Å². The summed E-state index contributed by atoms with van der Waals surface area (Å²) in [7, 11) is -2.66. The van der Waals surface area contributed by atoms with Crippen molar-refractivity contribution in [3.8, 4) is 11.5 Å². The highest BCUT2D eigenvalue weighted by Crippen LogP contribution is 2.33. The van der Waals surface area contributed by atoms with Gasteiger partial charge in [0.15, 0.2) is 0 Å². The van der Waals surface area contributed by atoms with Gasteiger partial charge in [0.25, 0.3) is 10.0 Å². The molecule has 43 heavy (non-hydrogen) atoms. The number of methoxy groups -OCH3 is 1. The number of sulfonamides is 1. The second-order valence-corrected chi connectivity index (χ2v) is 13.6. The first-order chi connectivity index (χ1) is 20.3. The van der Waals surface area contributed by atoms with E-state index < -0.39 is 34.1 Å². The largest absolute Gasteiger partial charge is 0.497 e. The fraction of sp³-hybridized carbons (Fsp3) is 0.375. The van der Waals surface area contributed by atoms with Gasteiger partial charge in [-0.2, -0.15) is 0 Å². The van der Waals surface area contributed by atoms with Crippen LogP contribution in [0, 0.1) is 0 Å². The normalized spacial score (nSPS) is 12.3. The van der Waals surface area contributed by atoms with Crippen LogP contribution in [0.5, 0.6) is 11.5 Å². The molecule has 0 aromatic heterocycles. The molecule has 3 rings (SSSR count). The topological polar surface area (TPSA) is 105 Å². The number of carbonyl (C=O) groups is 2. The lowest BCUT2D eigenvalue weighted by Gasteiger charge is -2.33. The van der Waals surface area contributed by atoms with E-state index >= 15 is 0 Å². The third-order valence-electron chi connectivity index (χ3n) is 6.54. The lowest BCUT2D eigenvalue weighted by Crippen LogP contribution is -2.54. The molecule has 0 radical (unpaired) electrons. The standard InChI is InChI=1S/C32H41N3O6S2/c1-8-41-29-12-10-9-11-28(29)35(43(38,39)27-19-17-26(42-7)18-20-27)22-30(36)34(23(2)31(37)33-32(3,4)5)21-24-13-15-25(40-6)16-14-24/h9-20,23H,8,21-22H2,1-7H3,(H,33,37). The van der Waals surface area contributed by atoms with Gasteiger partial charge in [0.1, 0.15) is 24.1 Å². The van der Waals surface area contributed by atoms with Crippen LogP contribution in [-0.4, -0.2) is 63.2 Å². The van der Waals surface area contributed by atoms with E-state index in [1.165, 1.54) is 28.8 Å². The Morgan fingerprint density at radius 2 is 1.60 bits per heavy atom. The monoisotopic (exact) mass is 627 g/mol. The lowest BCUT2D eigenvalue weighted by atomic mass is 10.1. The van der Waals surface area contributed by atoms with Crippen molar-refractivity contribution in [3.05, 3.63) is 78.4 Å². The number of hydrogen-bond acceptors (Lipinski definition) is 7. The number of anilines is 1. The molecule has 0 aliphatic rings. The number of nitrogens with zero attached hydrogens (tertiary/aromatic N) is 2. The van der Waals surface area contributed by atoms with Crippen molar-refractivity contribution in [1.82, 2.24) is 10.2 Å². The average molecular weight is 628 g/mol. The molecule has 3 aromatic rings. The van der Waals surface area contributed by atoms with Gasteiger partial charge in [-0.25, -0.2) is 8.42 Å². The molecule has 2 amide bonds. The molecule has 0 heterocycles. The summed E-state index contributed by atoms with van der Waals surface area (Å²) in [5.74, 6) is 0.0638. The minimum atomic E-state index is -4.23. The van der Waals surface area contributed by atoms with Gasteiger partial charge in [0.2, 0.25) is 11.8 Å². The minimum absolute atomic E-state index is 0.0321. The molecule has 1 N–H and O–H groups in total. The third-order valence-corrected chi connectivity index (χ3v) is 9.06. The first kappa shape index (κ1) is 33.8. The summed E-state index contributed by atoms with van der Waals surface area (Å²) in [4.78, 5) is 29.8. The van der Waals surface area contributed by atoms with Crippen LogP contribution < -0.4 is 19.1 Å². The smallest absolute Gasteiger partial charge is 0.264 e. The van der Waals surface area contributed by atoms with E-state index in [0.29, 0.717) is 18.1 Å². The molecule has 3 aromatic carbocycles. The van der Waals surface area contributed by atoms with Gasteiger partial charge >= 0.3 is 0 Å². The van der Waals surface area contributed by atoms with E-state index in [0.717, 1.165) is 14.8 Å². The Bertz CT molecular complexity index is 1490. The fourth-order valence-corrected chi connectivity index (χ4v) is 6.15. The molecule has 0 saturated heterocycles. The van der Waals surface area contributed by atoms with Gasteiger partial charge in [-0.1, -0.05) is 24.3 Å². The quantitative estimate of drug-likeness (QED) is 0.255. The maximum Gasteiger partial charge on any atom is 0.264 e. The molecule has 11 heteroatoms. The molecular formula is C32H41N3O6S2. The summed E-state index contributed by atoms with van der Waals surface area (Å²) in [6.07, 6.45) is 1.90. The molecule has 1 unspecified atom stereocenters. The maximum atomic E-state index is 14.2. The molecule has 9 nitrogen and oxygen atoms in total. The Morgan fingerprint density at radius 1 is 0.977 bits per heavy atom. The molecule has 232 valence electrons. The van der Waals surface area contributed by atoms with Crippen molar-refractivity contribution >= 4 is 39.3 Å². The van der Waals surface area contributed by atoms with Crippen molar-refractivity contribution in [1.29, 1.82) is 0 Å². The minimum Gasteiger partial charge on any atom is -0.497 e. The first-order valence-electron chi connectivity index (χ1n) is 13.9. The molecule has 0 bridgehead atoms. The summed E-state index contributed by atoms with van der Waals surface area (Å²) in [6.45, 7) is 8.82. The van der Waals surface area contributed by atoms with Crippen molar-refractivity contribution in [2.24, 2.45) is 0 Å². The predicted molar refractivity (Wildman–Crippen MR) is 171 cm³/mol. The van der Waals surface area contributed by atoms with Crippen LogP contribution in [0.25, 0.3) is 0 Å². The fourth-order valence-electron chi connectivity index (χ4n) is 4.31. The van der Waals surface area contributed by atoms with Gasteiger partial charge < -0.3 is 19.7 Å². The van der Waals surface area contributed by atoms with E-state index in [1.54, 1.807) is 81.6 Å². The van der Waals surface area contributed by atoms with Gasteiger partial charge in [0, 0.05) is 17.0 Å². The van der Waals surface area contributed by atoms with E-state index in [4.69, 9.17) is 9.47 Å². The number of rotatable bonds is 13. The highest BCUT2D eigenvalue weighted by molar-refractivity contribution is 7.98. The number of benzene rings is 3. The number of hydrogen-bond donors (Lipinski definition) is 1. The Morgan fingerprint density at radius 3 is 2.16 bits per heavy atom. The zero-order valence-electron chi connectivity index (χ0n) is 25.8. The van der Waals surface area contributed by atoms with Crippen LogP contribution in [0.4, 0.5) is 5.69 Å². The van der Waals surface area contributed by atoms with Crippen molar-refractivity contribution in [3.63, 3.8) is 0 Å². The highest BCUT2D eigenvalue weighted by Gasteiger charge is 2.34. The predicted octanol–water partition coefficient (Wildman–Crippen LogP) is 5.34. The van der Waals surface area contributed by atoms with E-state index in [2.05, 4.69) is 5.32 Å².